The molecule has 0 unspecified atom stereocenters. The summed E-state index contributed by atoms with van der Waals surface area (Å²) in [7, 11) is 0. The van der Waals surface area contributed by atoms with Gasteiger partial charge < -0.3 is 10.3 Å². The fraction of sp³-hybridized carbons (Fsp3) is 0.0667. The lowest BCUT2D eigenvalue weighted by Crippen LogP contribution is -2.28. The molecule has 0 saturated heterocycles. The Morgan fingerprint density at radius 3 is 2.85 bits per heavy atom. The Labute approximate surface area is 125 Å². The van der Waals surface area contributed by atoms with Crippen LogP contribution in [0.2, 0.25) is 0 Å². The van der Waals surface area contributed by atoms with Crippen molar-refractivity contribution in [2.75, 3.05) is 0 Å². The van der Waals surface area contributed by atoms with E-state index in [0.717, 1.165) is 5.56 Å². The lowest BCUT2D eigenvalue weighted by Gasteiger charge is -2.07. The molecule has 0 saturated carbocycles. The third-order valence-electron chi connectivity index (χ3n) is 3.19. The first-order chi connectivity index (χ1) is 9.66. The maximum Gasteiger partial charge on any atom is 0.261 e. The molecular weight excluding hydrogens is 288 g/mol. The molecule has 0 atom stereocenters. The summed E-state index contributed by atoms with van der Waals surface area (Å²) in [5, 5.41) is 3.27. The normalized spacial score (nSPS) is 10.8. The van der Waals surface area contributed by atoms with Crippen molar-refractivity contribution in [1.82, 2.24) is 4.57 Å². The van der Waals surface area contributed by atoms with E-state index in [1.54, 1.807) is 34.2 Å². The average Bonchev–Trinajstić information content (AvgIpc) is 2.84. The van der Waals surface area contributed by atoms with Gasteiger partial charge in [0.2, 0.25) is 0 Å². The van der Waals surface area contributed by atoms with Gasteiger partial charge in [-0.1, -0.05) is 30.4 Å². The fourth-order valence-electron chi connectivity index (χ4n) is 2.19. The van der Waals surface area contributed by atoms with Gasteiger partial charge in [-0.25, -0.2) is 0 Å². The van der Waals surface area contributed by atoms with E-state index in [2.05, 4.69) is 17.5 Å². The highest BCUT2D eigenvalue weighted by molar-refractivity contribution is 7.80. The number of pyridine rings is 1. The highest BCUT2D eigenvalue weighted by Gasteiger charge is 2.08. The molecule has 0 aliphatic rings. The van der Waals surface area contributed by atoms with Crippen LogP contribution < -0.4 is 11.3 Å². The predicted molar refractivity (Wildman–Crippen MR) is 87.5 cm³/mol. The number of nitrogens with two attached hydrogens (primary N) is 1. The Morgan fingerprint density at radius 1 is 1.25 bits per heavy atom. The van der Waals surface area contributed by atoms with Crippen LogP contribution in [0, 0.1) is 0 Å². The van der Waals surface area contributed by atoms with E-state index in [1.165, 1.54) is 10.1 Å². The molecule has 0 radical (unpaired) electrons. The molecule has 100 valence electrons. The van der Waals surface area contributed by atoms with Gasteiger partial charge in [-0.05, 0) is 34.5 Å². The third kappa shape index (κ3) is 2.26. The van der Waals surface area contributed by atoms with Crippen LogP contribution in [-0.4, -0.2) is 9.56 Å². The summed E-state index contributed by atoms with van der Waals surface area (Å²) in [5.74, 6) is 0. The molecule has 0 fully saturated rings. The minimum Gasteiger partial charge on any atom is -0.389 e. The van der Waals surface area contributed by atoms with Gasteiger partial charge in [-0.15, -0.1) is 11.3 Å². The van der Waals surface area contributed by atoms with Crippen LogP contribution in [0.1, 0.15) is 11.1 Å². The second kappa shape index (κ2) is 5.19. The van der Waals surface area contributed by atoms with Crippen LogP contribution in [0.25, 0.3) is 10.1 Å². The van der Waals surface area contributed by atoms with Crippen molar-refractivity contribution in [1.29, 1.82) is 0 Å². The number of hydrogen-bond acceptors (Lipinski definition) is 3. The zero-order valence-electron chi connectivity index (χ0n) is 10.6. The summed E-state index contributed by atoms with van der Waals surface area (Å²) in [6, 6.07) is 11.6. The van der Waals surface area contributed by atoms with Gasteiger partial charge in [0.05, 0.1) is 12.1 Å². The molecule has 0 amide bonds. The van der Waals surface area contributed by atoms with Crippen LogP contribution in [0.15, 0.2) is 52.8 Å². The Kier molecular flexibility index (Phi) is 3.38. The molecule has 1 aromatic carbocycles. The first-order valence-corrected chi connectivity index (χ1v) is 7.40. The van der Waals surface area contributed by atoms with E-state index in [4.69, 9.17) is 18.0 Å². The molecule has 2 N–H and O–H groups in total. The molecule has 3 aromatic rings. The zero-order chi connectivity index (χ0) is 14.1. The van der Waals surface area contributed by atoms with E-state index in [0.29, 0.717) is 12.1 Å². The van der Waals surface area contributed by atoms with Crippen molar-refractivity contribution < 1.29 is 0 Å². The van der Waals surface area contributed by atoms with Gasteiger partial charge in [0, 0.05) is 10.9 Å². The number of aromatic nitrogens is 1. The summed E-state index contributed by atoms with van der Waals surface area (Å²) in [6.07, 6.45) is 1.76. The highest BCUT2D eigenvalue weighted by atomic mass is 32.1. The van der Waals surface area contributed by atoms with Crippen molar-refractivity contribution in [2.24, 2.45) is 5.73 Å². The topological polar surface area (TPSA) is 48.0 Å². The number of benzene rings is 1. The molecular formula is C15H12N2OS2. The van der Waals surface area contributed by atoms with Gasteiger partial charge in [-0.2, -0.15) is 0 Å². The van der Waals surface area contributed by atoms with E-state index < -0.39 is 0 Å². The van der Waals surface area contributed by atoms with Crippen LogP contribution in [0.4, 0.5) is 0 Å². The number of thiocarbonyl (C=S) groups is 1. The number of fused-ring (bicyclic) bond motifs is 1. The molecule has 0 spiro atoms. The highest BCUT2D eigenvalue weighted by Crippen LogP contribution is 2.25. The Hall–Kier alpha value is -1.98. The molecule has 20 heavy (non-hydrogen) atoms. The van der Waals surface area contributed by atoms with Gasteiger partial charge >= 0.3 is 0 Å². The second-order valence-corrected chi connectivity index (χ2v) is 5.83. The first-order valence-electron chi connectivity index (χ1n) is 6.11. The molecule has 2 aromatic heterocycles. The summed E-state index contributed by atoms with van der Waals surface area (Å²) in [5.41, 5.74) is 6.95. The minimum absolute atomic E-state index is 0.138. The third-order valence-corrected chi connectivity index (χ3v) is 4.42. The van der Waals surface area contributed by atoms with E-state index >= 15 is 0 Å². The monoisotopic (exact) mass is 300 g/mol. The van der Waals surface area contributed by atoms with Crippen LogP contribution in [-0.2, 0) is 6.54 Å². The molecule has 5 heteroatoms. The van der Waals surface area contributed by atoms with Crippen molar-refractivity contribution in [3.05, 3.63) is 69.5 Å². The first kappa shape index (κ1) is 13.0. The minimum atomic E-state index is -0.143. The van der Waals surface area contributed by atoms with Gasteiger partial charge in [0.25, 0.3) is 5.56 Å². The van der Waals surface area contributed by atoms with E-state index in [-0.39, 0.29) is 10.5 Å². The SMILES string of the molecule is NC(=S)c1cccn(Cc2csc3ccccc23)c1=O. The van der Waals surface area contributed by atoms with Gasteiger partial charge in [0.15, 0.2) is 0 Å². The zero-order valence-corrected chi connectivity index (χ0v) is 12.2. The van der Waals surface area contributed by atoms with E-state index in [9.17, 15) is 4.79 Å². The standard InChI is InChI=1S/C15H12N2OS2/c16-14(19)12-5-3-7-17(15(12)18)8-10-9-20-13-6-2-1-4-11(10)13/h1-7,9H,8H2,(H2,16,19). The molecule has 3 rings (SSSR count). The van der Waals surface area contributed by atoms with Crippen LogP contribution in [0.5, 0.6) is 0 Å². The maximum atomic E-state index is 12.3. The lowest BCUT2D eigenvalue weighted by atomic mass is 10.1. The van der Waals surface area contributed by atoms with Crippen molar-refractivity contribution in [2.45, 2.75) is 6.54 Å². The Bertz CT molecular complexity index is 848. The van der Waals surface area contributed by atoms with Gasteiger partial charge in [-0.3, -0.25) is 4.79 Å². The van der Waals surface area contributed by atoms with Crippen molar-refractivity contribution in [3.8, 4) is 0 Å². The Morgan fingerprint density at radius 2 is 2.05 bits per heavy atom. The fourth-order valence-corrected chi connectivity index (χ4v) is 3.30. The number of rotatable bonds is 3. The quantitative estimate of drug-likeness (QED) is 0.757. The van der Waals surface area contributed by atoms with Crippen LogP contribution in [0.3, 0.4) is 0 Å². The van der Waals surface area contributed by atoms with Crippen LogP contribution >= 0.6 is 23.6 Å². The van der Waals surface area contributed by atoms with E-state index in [1.807, 2.05) is 12.1 Å². The number of nitrogens with zero attached hydrogens (tertiary/aromatic N) is 1. The largest absolute Gasteiger partial charge is 0.389 e. The summed E-state index contributed by atoms with van der Waals surface area (Å²) in [6.45, 7) is 0.527. The van der Waals surface area contributed by atoms with Gasteiger partial charge in [0.1, 0.15) is 4.99 Å². The summed E-state index contributed by atoms with van der Waals surface area (Å²) < 4.78 is 2.87. The number of hydrogen-bond donors (Lipinski definition) is 1. The maximum absolute atomic E-state index is 12.3. The molecule has 3 nitrogen and oxygen atoms in total. The van der Waals surface area contributed by atoms with Crippen molar-refractivity contribution >= 4 is 38.6 Å². The average molecular weight is 300 g/mol. The molecule has 2 heterocycles. The molecule has 0 bridgehead atoms. The van der Waals surface area contributed by atoms with Crippen molar-refractivity contribution in [3.63, 3.8) is 0 Å². The predicted octanol–water partition coefficient (Wildman–Crippen LogP) is 2.75. The smallest absolute Gasteiger partial charge is 0.261 e. The molecule has 0 aliphatic heterocycles. The molecule has 0 aliphatic carbocycles. The lowest BCUT2D eigenvalue weighted by molar-refractivity contribution is 0.764. The Balaban J connectivity index is 2.06. The summed E-state index contributed by atoms with van der Waals surface area (Å²) in [4.78, 5) is 12.4. The summed E-state index contributed by atoms with van der Waals surface area (Å²) >= 11 is 6.58. The second-order valence-electron chi connectivity index (χ2n) is 4.48. The number of thiophene rings is 1.